The summed E-state index contributed by atoms with van der Waals surface area (Å²) in [4.78, 5) is 2.54. The Hall–Kier alpha value is -1.88. The van der Waals surface area contributed by atoms with E-state index < -0.39 is 0 Å². The van der Waals surface area contributed by atoms with Crippen LogP contribution in [-0.2, 0) is 0 Å². The third-order valence-electron chi connectivity index (χ3n) is 4.20. The van der Waals surface area contributed by atoms with Crippen LogP contribution in [0.4, 0.5) is 5.69 Å². The zero-order valence-electron chi connectivity index (χ0n) is 12.6. The van der Waals surface area contributed by atoms with Gasteiger partial charge in [-0.3, -0.25) is 4.57 Å². The monoisotopic (exact) mass is 285 g/mol. The molecule has 1 fully saturated rings. The summed E-state index contributed by atoms with van der Waals surface area (Å²) in [6.45, 7) is 5.83. The Morgan fingerprint density at radius 2 is 2.05 bits per heavy atom. The van der Waals surface area contributed by atoms with Crippen LogP contribution in [0.2, 0.25) is 0 Å². The highest BCUT2D eigenvalue weighted by atomic mass is 15.2. The largest absolute Gasteiger partial charge is 0.382 e. The van der Waals surface area contributed by atoms with E-state index in [9.17, 15) is 0 Å². The smallest absolute Gasteiger partial charge is 0.123 e. The molecule has 0 aliphatic carbocycles. The lowest BCUT2D eigenvalue weighted by Crippen LogP contribution is -2.26. The Balaban J connectivity index is 1.66. The van der Waals surface area contributed by atoms with Crippen molar-refractivity contribution >= 4 is 5.69 Å². The lowest BCUT2D eigenvalue weighted by Gasteiger charge is -2.19. The summed E-state index contributed by atoms with van der Waals surface area (Å²) < 4.78 is 1.93. The van der Waals surface area contributed by atoms with Crippen LogP contribution in [0.5, 0.6) is 0 Å². The molecule has 1 N–H and O–H groups in total. The summed E-state index contributed by atoms with van der Waals surface area (Å²) in [5.41, 5.74) is 2.27. The topological polar surface area (TPSA) is 46.0 Å². The van der Waals surface area contributed by atoms with Gasteiger partial charge in [0.05, 0.1) is 5.69 Å². The molecule has 0 radical (unpaired) electrons. The van der Waals surface area contributed by atoms with E-state index in [4.69, 9.17) is 0 Å². The van der Waals surface area contributed by atoms with Crippen LogP contribution >= 0.6 is 0 Å². The molecule has 1 aliphatic heterocycles. The highest BCUT2D eigenvalue weighted by Gasteiger charge is 2.15. The summed E-state index contributed by atoms with van der Waals surface area (Å²) in [5.74, 6) is 0. The van der Waals surface area contributed by atoms with Crippen molar-refractivity contribution in [2.45, 2.75) is 32.2 Å². The first-order chi connectivity index (χ1) is 10.3. The highest BCUT2D eigenvalue weighted by molar-refractivity contribution is 5.51. The maximum atomic E-state index is 3.86. The van der Waals surface area contributed by atoms with Crippen molar-refractivity contribution in [3.05, 3.63) is 36.9 Å². The summed E-state index contributed by atoms with van der Waals surface area (Å²) in [7, 11) is 0. The number of aromatic nitrogens is 3. The molecule has 0 spiro atoms. The number of nitrogens with zero attached hydrogens (tertiary/aromatic N) is 4. The van der Waals surface area contributed by atoms with Gasteiger partial charge in [0.1, 0.15) is 12.7 Å². The number of benzene rings is 1. The molecular formula is C16H23N5. The lowest BCUT2D eigenvalue weighted by molar-refractivity contribution is 0.300. The highest BCUT2D eigenvalue weighted by Crippen LogP contribution is 2.19. The second-order valence-electron chi connectivity index (χ2n) is 5.63. The number of hydrogen-bond donors (Lipinski definition) is 1. The molecule has 1 unspecified atom stereocenters. The van der Waals surface area contributed by atoms with Gasteiger partial charge in [0.2, 0.25) is 0 Å². The maximum Gasteiger partial charge on any atom is 0.123 e. The van der Waals surface area contributed by atoms with Gasteiger partial charge in [-0.05, 0) is 50.6 Å². The van der Waals surface area contributed by atoms with Crippen molar-refractivity contribution in [3.63, 3.8) is 0 Å². The standard InChI is InChI=1S/C16H23N5/c1-2-20-9-4-6-14(8-10-20)19-15-5-3-7-16(11-15)21-12-17-18-13-21/h3,5,7,11-14,19H,2,4,6,8-10H2,1H3. The molecule has 1 atom stereocenters. The second kappa shape index (κ2) is 6.72. The van der Waals surface area contributed by atoms with Gasteiger partial charge in [0.25, 0.3) is 0 Å². The normalized spacial score (nSPS) is 20.1. The predicted molar refractivity (Wildman–Crippen MR) is 84.7 cm³/mol. The molecule has 1 aliphatic rings. The summed E-state index contributed by atoms with van der Waals surface area (Å²) >= 11 is 0. The molecule has 5 nitrogen and oxygen atoms in total. The molecule has 2 aromatic rings. The first kappa shape index (κ1) is 14.1. The lowest BCUT2D eigenvalue weighted by atomic mass is 10.1. The summed E-state index contributed by atoms with van der Waals surface area (Å²) in [6.07, 6.45) is 7.18. The molecule has 0 amide bonds. The van der Waals surface area contributed by atoms with E-state index in [0.717, 1.165) is 12.2 Å². The Morgan fingerprint density at radius 1 is 1.19 bits per heavy atom. The number of likely N-dealkylation sites (tertiary alicyclic amines) is 1. The average molecular weight is 285 g/mol. The molecule has 1 aromatic heterocycles. The van der Waals surface area contributed by atoms with Crippen molar-refractivity contribution in [2.75, 3.05) is 25.0 Å². The molecule has 3 rings (SSSR count). The number of hydrogen-bond acceptors (Lipinski definition) is 4. The first-order valence-electron chi connectivity index (χ1n) is 7.79. The first-order valence-corrected chi connectivity index (χ1v) is 7.79. The Labute approximate surface area is 126 Å². The zero-order chi connectivity index (χ0) is 14.5. The zero-order valence-corrected chi connectivity index (χ0v) is 12.6. The van der Waals surface area contributed by atoms with E-state index >= 15 is 0 Å². The minimum Gasteiger partial charge on any atom is -0.382 e. The fraction of sp³-hybridized carbons (Fsp3) is 0.500. The predicted octanol–water partition coefficient (Wildman–Crippen LogP) is 2.55. The van der Waals surface area contributed by atoms with Crippen LogP contribution in [0, 0.1) is 0 Å². The maximum absolute atomic E-state index is 3.86. The minimum atomic E-state index is 0.567. The van der Waals surface area contributed by atoms with Gasteiger partial charge in [0, 0.05) is 18.3 Å². The minimum absolute atomic E-state index is 0.567. The van der Waals surface area contributed by atoms with Gasteiger partial charge < -0.3 is 10.2 Å². The number of nitrogens with one attached hydrogen (secondary N) is 1. The van der Waals surface area contributed by atoms with E-state index in [1.54, 1.807) is 12.7 Å². The van der Waals surface area contributed by atoms with Crippen LogP contribution in [0.3, 0.4) is 0 Å². The molecule has 21 heavy (non-hydrogen) atoms. The van der Waals surface area contributed by atoms with E-state index in [1.165, 1.54) is 38.0 Å². The van der Waals surface area contributed by atoms with Gasteiger partial charge in [0.15, 0.2) is 0 Å². The summed E-state index contributed by atoms with van der Waals surface area (Å²) in [6, 6.07) is 9.01. The van der Waals surface area contributed by atoms with Gasteiger partial charge in [-0.2, -0.15) is 0 Å². The van der Waals surface area contributed by atoms with Crippen LogP contribution in [0.1, 0.15) is 26.2 Å². The van der Waals surface area contributed by atoms with Gasteiger partial charge in [-0.25, -0.2) is 0 Å². The third kappa shape index (κ3) is 3.61. The van der Waals surface area contributed by atoms with Crippen LogP contribution in [0.25, 0.3) is 5.69 Å². The average Bonchev–Trinajstić information content (AvgIpc) is 2.96. The third-order valence-corrected chi connectivity index (χ3v) is 4.20. The van der Waals surface area contributed by atoms with Gasteiger partial charge in [-0.1, -0.05) is 13.0 Å². The van der Waals surface area contributed by atoms with Crippen molar-refractivity contribution in [1.29, 1.82) is 0 Å². The van der Waals surface area contributed by atoms with Gasteiger partial charge in [-0.15, -0.1) is 10.2 Å². The number of rotatable bonds is 4. The van der Waals surface area contributed by atoms with E-state index in [0.29, 0.717) is 6.04 Å². The number of anilines is 1. The molecule has 0 saturated carbocycles. The van der Waals surface area contributed by atoms with Crippen LogP contribution < -0.4 is 5.32 Å². The molecule has 0 bridgehead atoms. The van der Waals surface area contributed by atoms with E-state index in [-0.39, 0.29) is 0 Å². The Kier molecular flexibility index (Phi) is 4.50. The van der Waals surface area contributed by atoms with Crippen LogP contribution in [-0.4, -0.2) is 45.3 Å². The van der Waals surface area contributed by atoms with Crippen molar-refractivity contribution in [2.24, 2.45) is 0 Å². The van der Waals surface area contributed by atoms with Gasteiger partial charge >= 0.3 is 0 Å². The van der Waals surface area contributed by atoms with Crippen LogP contribution in [0.15, 0.2) is 36.9 Å². The molecule has 2 heterocycles. The quantitative estimate of drug-likeness (QED) is 0.938. The van der Waals surface area contributed by atoms with E-state index in [1.807, 2.05) is 4.57 Å². The molecule has 112 valence electrons. The molecule has 1 aromatic carbocycles. The van der Waals surface area contributed by atoms with Crippen molar-refractivity contribution in [3.8, 4) is 5.69 Å². The fourth-order valence-electron chi connectivity index (χ4n) is 2.94. The second-order valence-corrected chi connectivity index (χ2v) is 5.63. The van der Waals surface area contributed by atoms with Crippen molar-refractivity contribution < 1.29 is 0 Å². The Morgan fingerprint density at radius 3 is 2.86 bits per heavy atom. The molecular weight excluding hydrogens is 262 g/mol. The Bertz CT molecular complexity index is 552. The molecule has 5 heteroatoms. The molecule has 1 saturated heterocycles. The van der Waals surface area contributed by atoms with Crippen molar-refractivity contribution in [1.82, 2.24) is 19.7 Å². The SMILES string of the molecule is CCN1CCCC(Nc2cccc(-n3cnnc3)c2)CC1. The fourth-order valence-corrected chi connectivity index (χ4v) is 2.94. The van der Waals surface area contributed by atoms with E-state index in [2.05, 4.69) is 51.6 Å². The summed E-state index contributed by atoms with van der Waals surface area (Å²) in [5, 5.41) is 11.4.